The van der Waals surface area contributed by atoms with E-state index in [1.165, 1.54) is 65.7 Å². The Morgan fingerprint density at radius 3 is 2.02 bits per heavy atom. The van der Waals surface area contributed by atoms with Gasteiger partial charge >= 0.3 is 0 Å². The molecule has 0 bridgehead atoms. The summed E-state index contributed by atoms with van der Waals surface area (Å²) in [6, 6.07) is 50.1. The predicted octanol–water partition coefficient (Wildman–Crippen LogP) is 10.5. The molecule has 186 valence electrons. The first-order valence-electron chi connectivity index (χ1n) is 13.7. The summed E-state index contributed by atoms with van der Waals surface area (Å²) in [5.41, 5.74) is 8.35. The zero-order chi connectivity index (χ0) is 26.2. The van der Waals surface area contributed by atoms with Crippen LogP contribution in [0.5, 0.6) is 11.5 Å². The number of fused-ring (bicyclic) bond motifs is 6. The van der Waals surface area contributed by atoms with Crippen LogP contribution in [0.2, 0.25) is 0 Å². The molecule has 1 aliphatic heterocycles. The van der Waals surface area contributed by atoms with E-state index in [1.807, 2.05) is 12.1 Å². The number of para-hydroxylation sites is 3. The SMILES string of the molecule is c1ccc2c(c1)Oc1ccc(-c3ccccc3-n3c4ccccc4c4cc5ccccc5cc43)c3cccc-2c13. The van der Waals surface area contributed by atoms with Crippen molar-refractivity contribution in [3.63, 3.8) is 0 Å². The van der Waals surface area contributed by atoms with E-state index in [0.717, 1.165) is 17.1 Å². The fourth-order valence-corrected chi connectivity index (χ4v) is 6.63. The molecule has 0 spiro atoms. The average molecular weight is 510 g/mol. The van der Waals surface area contributed by atoms with Crippen molar-refractivity contribution in [1.29, 1.82) is 0 Å². The average Bonchev–Trinajstić information content (AvgIpc) is 3.33. The van der Waals surface area contributed by atoms with Crippen LogP contribution in [-0.2, 0) is 0 Å². The van der Waals surface area contributed by atoms with Gasteiger partial charge in [0.2, 0.25) is 0 Å². The fraction of sp³-hybridized carbons (Fsp3) is 0. The number of benzene rings is 7. The normalized spacial score (nSPS) is 12.2. The first-order valence-corrected chi connectivity index (χ1v) is 13.7. The lowest BCUT2D eigenvalue weighted by Gasteiger charge is -2.23. The van der Waals surface area contributed by atoms with Crippen molar-refractivity contribution in [2.24, 2.45) is 0 Å². The van der Waals surface area contributed by atoms with E-state index < -0.39 is 0 Å². The molecule has 0 N–H and O–H groups in total. The maximum absolute atomic E-state index is 6.39. The van der Waals surface area contributed by atoms with Gasteiger partial charge in [-0.05, 0) is 69.8 Å². The highest BCUT2D eigenvalue weighted by atomic mass is 16.5. The Kier molecular flexibility index (Phi) is 4.36. The predicted molar refractivity (Wildman–Crippen MR) is 167 cm³/mol. The van der Waals surface area contributed by atoms with E-state index in [-0.39, 0.29) is 0 Å². The standard InChI is InChI=1S/C38H23NO/c1-2-11-25-23-35-32(22-24(25)10-1)28-13-4-7-18-34(28)39(35)33-17-6-3-12-27(33)26-20-21-37-38-30(26)15-9-16-31(38)29-14-5-8-19-36(29)40-37/h1-23H. The van der Waals surface area contributed by atoms with E-state index in [1.54, 1.807) is 0 Å². The van der Waals surface area contributed by atoms with E-state index in [4.69, 9.17) is 4.74 Å². The molecule has 0 fully saturated rings. The Morgan fingerprint density at radius 2 is 1.10 bits per heavy atom. The maximum Gasteiger partial charge on any atom is 0.135 e. The van der Waals surface area contributed by atoms with Gasteiger partial charge in [-0.3, -0.25) is 0 Å². The molecule has 1 aliphatic rings. The molecule has 8 aromatic rings. The highest BCUT2D eigenvalue weighted by molar-refractivity contribution is 6.15. The third kappa shape index (κ3) is 2.93. The molecule has 0 amide bonds. The van der Waals surface area contributed by atoms with E-state index in [9.17, 15) is 0 Å². The summed E-state index contributed by atoms with van der Waals surface area (Å²) in [5.74, 6) is 1.82. The van der Waals surface area contributed by atoms with Crippen LogP contribution in [0.25, 0.3) is 71.3 Å². The van der Waals surface area contributed by atoms with Crippen LogP contribution in [0.1, 0.15) is 0 Å². The van der Waals surface area contributed by atoms with Crippen LogP contribution in [0.15, 0.2) is 140 Å². The van der Waals surface area contributed by atoms with Crippen LogP contribution in [0, 0.1) is 0 Å². The monoisotopic (exact) mass is 509 g/mol. The molecule has 0 aliphatic carbocycles. The molecule has 0 atom stereocenters. The lowest BCUT2D eigenvalue weighted by molar-refractivity contribution is 0.487. The molecule has 0 saturated carbocycles. The summed E-state index contributed by atoms with van der Waals surface area (Å²) >= 11 is 0. The van der Waals surface area contributed by atoms with Crippen LogP contribution in [-0.4, -0.2) is 4.57 Å². The second kappa shape index (κ2) is 8.08. The van der Waals surface area contributed by atoms with Crippen molar-refractivity contribution in [3.8, 4) is 39.4 Å². The third-order valence-corrected chi connectivity index (χ3v) is 8.37. The summed E-state index contributed by atoms with van der Waals surface area (Å²) < 4.78 is 8.83. The van der Waals surface area contributed by atoms with Crippen molar-refractivity contribution in [2.45, 2.75) is 0 Å². The van der Waals surface area contributed by atoms with Gasteiger partial charge in [-0.2, -0.15) is 0 Å². The van der Waals surface area contributed by atoms with E-state index in [2.05, 4.69) is 132 Å². The number of aromatic nitrogens is 1. The molecule has 0 saturated heterocycles. The smallest absolute Gasteiger partial charge is 0.135 e. The van der Waals surface area contributed by atoms with Crippen molar-refractivity contribution in [2.75, 3.05) is 0 Å². The van der Waals surface area contributed by atoms with Crippen LogP contribution < -0.4 is 4.74 Å². The summed E-state index contributed by atoms with van der Waals surface area (Å²) in [6.45, 7) is 0. The Bertz CT molecular complexity index is 2310. The molecule has 2 heterocycles. The number of ether oxygens (including phenoxy) is 1. The van der Waals surface area contributed by atoms with Gasteiger partial charge in [-0.15, -0.1) is 0 Å². The molecule has 2 heteroatoms. The van der Waals surface area contributed by atoms with Gasteiger partial charge in [0, 0.05) is 27.3 Å². The van der Waals surface area contributed by atoms with Crippen molar-refractivity contribution in [1.82, 2.24) is 4.57 Å². The van der Waals surface area contributed by atoms with Crippen molar-refractivity contribution < 1.29 is 4.74 Å². The zero-order valence-electron chi connectivity index (χ0n) is 21.6. The molecule has 40 heavy (non-hydrogen) atoms. The molecule has 1 aromatic heterocycles. The topological polar surface area (TPSA) is 14.2 Å². The zero-order valence-corrected chi connectivity index (χ0v) is 21.6. The summed E-state index contributed by atoms with van der Waals surface area (Å²) in [6.07, 6.45) is 0. The summed E-state index contributed by atoms with van der Waals surface area (Å²) in [7, 11) is 0. The quantitative estimate of drug-likeness (QED) is 0.226. The lowest BCUT2D eigenvalue weighted by Crippen LogP contribution is -2.00. The minimum atomic E-state index is 0.910. The minimum Gasteiger partial charge on any atom is -0.456 e. The Hall–Kier alpha value is -5.34. The first kappa shape index (κ1) is 21.6. The lowest BCUT2D eigenvalue weighted by atomic mass is 9.90. The van der Waals surface area contributed by atoms with Gasteiger partial charge < -0.3 is 9.30 Å². The van der Waals surface area contributed by atoms with Gasteiger partial charge in [0.25, 0.3) is 0 Å². The van der Waals surface area contributed by atoms with Crippen LogP contribution >= 0.6 is 0 Å². The van der Waals surface area contributed by atoms with Gasteiger partial charge in [0.15, 0.2) is 0 Å². The van der Waals surface area contributed by atoms with Gasteiger partial charge in [-0.25, -0.2) is 0 Å². The first-order chi connectivity index (χ1) is 19.8. The third-order valence-electron chi connectivity index (χ3n) is 8.37. The number of hydrogen-bond donors (Lipinski definition) is 0. The largest absolute Gasteiger partial charge is 0.456 e. The highest BCUT2D eigenvalue weighted by Gasteiger charge is 2.23. The summed E-state index contributed by atoms with van der Waals surface area (Å²) in [5, 5.41) is 7.40. The Labute approximate surface area is 231 Å². The Morgan fingerprint density at radius 1 is 0.400 bits per heavy atom. The molecule has 9 rings (SSSR count). The second-order valence-corrected chi connectivity index (χ2v) is 10.5. The molecule has 0 unspecified atom stereocenters. The van der Waals surface area contributed by atoms with Crippen LogP contribution in [0.4, 0.5) is 0 Å². The summed E-state index contributed by atoms with van der Waals surface area (Å²) in [4.78, 5) is 0. The van der Waals surface area contributed by atoms with Gasteiger partial charge in [-0.1, -0.05) is 97.1 Å². The molecule has 2 nitrogen and oxygen atoms in total. The molecular formula is C38H23NO. The van der Waals surface area contributed by atoms with Crippen molar-refractivity contribution >= 4 is 43.4 Å². The minimum absolute atomic E-state index is 0.910. The molecular weight excluding hydrogens is 486 g/mol. The highest BCUT2D eigenvalue weighted by Crippen LogP contribution is 2.49. The molecule has 7 aromatic carbocycles. The van der Waals surface area contributed by atoms with Gasteiger partial charge in [0.1, 0.15) is 11.5 Å². The Balaban J connectivity index is 1.37. The second-order valence-electron chi connectivity index (χ2n) is 10.5. The number of hydrogen-bond acceptors (Lipinski definition) is 1. The fourth-order valence-electron chi connectivity index (χ4n) is 6.63. The van der Waals surface area contributed by atoms with E-state index in [0.29, 0.717) is 0 Å². The number of nitrogens with zero attached hydrogens (tertiary/aromatic N) is 1. The van der Waals surface area contributed by atoms with E-state index >= 15 is 0 Å². The number of rotatable bonds is 2. The molecule has 0 radical (unpaired) electrons. The van der Waals surface area contributed by atoms with Crippen LogP contribution in [0.3, 0.4) is 0 Å². The maximum atomic E-state index is 6.39. The van der Waals surface area contributed by atoms with Crippen molar-refractivity contribution in [3.05, 3.63) is 140 Å². The van der Waals surface area contributed by atoms with Gasteiger partial charge in [0.05, 0.1) is 16.7 Å².